The molecule has 2 unspecified atom stereocenters. The van der Waals surface area contributed by atoms with E-state index in [1.54, 1.807) is 0 Å². The third-order valence-corrected chi connectivity index (χ3v) is 3.69. The number of aromatic nitrogens is 1. The number of halogens is 2. The molecule has 4 N–H and O–H groups in total. The van der Waals surface area contributed by atoms with Crippen molar-refractivity contribution in [3.05, 3.63) is 59.1 Å². The van der Waals surface area contributed by atoms with Crippen molar-refractivity contribution < 1.29 is 24.1 Å². The summed E-state index contributed by atoms with van der Waals surface area (Å²) in [5, 5.41) is 20.2. The van der Waals surface area contributed by atoms with Gasteiger partial charge >= 0.3 is 5.97 Å². The number of aliphatic hydroxyl groups is 1. The first kappa shape index (κ1) is 21.8. The second kappa shape index (κ2) is 10.1. The van der Waals surface area contributed by atoms with Gasteiger partial charge in [-0.25, -0.2) is 9.18 Å². The van der Waals surface area contributed by atoms with E-state index in [1.807, 2.05) is 13.8 Å². The molecule has 0 aliphatic carbocycles. The molecule has 0 spiro atoms. The average molecular weight is 385 g/mol. The number of carbonyl (C=O) groups is 1. The van der Waals surface area contributed by atoms with Crippen molar-refractivity contribution in [2.24, 2.45) is 5.73 Å². The maximum absolute atomic E-state index is 12.8. The fourth-order valence-corrected chi connectivity index (χ4v) is 2.22. The van der Waals surface area contributed by atoms with E-state index in [0.717, 1.165) is 0 Å². The van der Waals surface area contributed by atoms with Gasteiger partial charge in [-0.3, -0.25) is 4.98 Å². The quantitative estimate of drug-likeness (QED) is 0.677. The number of benzene rings is 1. The van der Waals surface area contributed by atoms with Crippen LogP contribution >= 0.6 is 11.6 Å². The summed E-state index contributed by atoms with van der Waals surface area (Å²) in [6.07, 6.45) is 1.07. The van der Waals surface area contributed by atoms with Gasteiger partial charge in [0.25, 0.3) is 0 Å². The minimum Gasteiger partial charge on any atom is -0.492 e. The van der Waals surface area contributed by atoms with E-state index in [-0.39, 0.29) is 18.7 Å². The van der Waals surface area contributed by atoms with Crippen LogP contribution in [0, 0.1) is 5.82 Å². The van der Waals surface area contributed by atoms with Gasteiger partial charge in [0.15, 0.2) is 5.60 Å². The lowest BCUT2D eigenvalue weighted by molar-refractivity contribution is -0.161. The number of aliphatic carboxylic acids is 1. The number of carboxylic acid groups (broad SMARTS) is 1. The van der Waals surface area contributed by atoms with Crippen molar-refractivity contribution in [3.8, 4) is 5.75 Å². The molecule has 142 valence electrons. The zero-order valence-electron chi connectivity index (χ0n) is 14.5. The van der Waals surface area contributed by atoms with E-state index in [2.05, 4.69) is 4.98 Å². The van der Waals surface area contributed by atoms with Crippen molar-refractivity contribution in [1.82, 2.24) is 4.98 Å². The fourth-order valence-electron chi connectivity index (χ4n) is 2.04. The summed E-state index contributed by atoms with van der Waals surface area (Å²) < 4.78 is 18.2. The first-order chi connectivity index (χ1) is 12.3. The molecule has 0 amide bonds. The van der Waals surface area contributed by atoms with Gasteiger partial charge in [0, 0.05) is 23.3 Å². The lowest BCUT2D eigenvalue weighted by Crippen LogP contribution is -2.58. The minimum absolute atomic E-state index is 0.282. The number of pyridine rings is 1. The molecule has 0 aliphatic heterocycles. The predicted molar refractivity (Wildman–Crippen MR) is 96.8 cm³/mol. The molecule has 0 aliphatic rings. The van der Waals surface area contributed by atoms with E-state index >= 15 is 0 Å². The molecule has 1 aromatic heterocycles. The summed E-state index contributed by atoms with van der Waals surface area (Å²) >= 11 is 5.83. The summed E-state index contributed by atoms with van der Waals surface area (Å²) in [5.74, 6) is -1.62. The predicted octanol–water partition coefficient (Wildman–Crippen LogP) is 2.66. The normalized spacial score (nSPS) is 13.8. The van der Waals surface area contributed by atoms with Crippen molar-refractivity contribution in [2.45, 2.75) is 31.9 Å². The van der Waals surface area contributed by atoms with Gasteiger partial charge in [0.2, 0.25) is 0 Å². The Hall–Kier alpha value is -2.22. The van der Waals surface area contributed by atoms with Crippen molar-refractivity contribution >= 4 is 17.6 Å². The van der Waals surface area contributed by atoms with Gasteiger partial charge in [-0.05, 0) is 36.4 Å². The zero-order chi connectivity index (χ0) is 19.7. The Kier molecular flexibility index (Phi) is 8.44. The maximum Gasteiger partial charge on any atom is 0.337 e. The van der Waals surface area contributed by atoms with Crippen LogP contribution in [0.5, 0.6) is 5.75 Å². The van der Waals surface area contributed by atoms with E-state index in [4.69, 9.17) is 22.1 Å². The third kappa shape index (κ3) is 5.94. The molecule has 26 heavy (non-hydrogen) atoms. The first-order valence-corrected chi connectivity index (χ1v) is 8.39. The van der Waals surface area contributed by atoms with Crippen LogP contribution in [0.4, 0.5) is 4.39 Å². The second-order valence-corrected chi connectivity index (χ2v) is 5.68. The number of carboxylic acids is 1. The van der Waals surface area contributed by atoms with Crippen LogP contribution in [0.25, 0.3) is 0 Å². The highest BCUT2D eigenvalue weighted by Gasteiger charge is 2.43. The third-order valence-electron chi connectivity index (χ3n) is 3.46. The van der Waals surface area contributed by atoms with E-state index in [0.29, 0.717) is 10.8 Å². The molecule has 6 nitrogen and oxygen atoms in total. The van der Waals surface area contributed by atoms with Crippen LogP contribution in [-0.4, -0.2) is 39.4 Å². The summed E-state index contributed by atoms with van der Waals surface area (Å²) in [7, 11) is 0. The molecule has 0 fully saturated rings. The Morgan fingerprint density at radius 2 is 1.96 bits per heavy atom. The van der Waals surface area contributed by atoms with Crippen LogP contribution in [0.15, 0.2) is 42.6 Å². The molecule has 0 radical (unpaired) electrons. The molecule has 2 rings (SSSR count). The fraction of sp³-hybridized carbons (Fsp3) is 0.333. The van der Waals surface area contributed by atoms with Crippen molar-refractivity contribution in [3.63, 3.8) is 0 Å². The number of hydrogen-bond donors (Lipinski definition) is 3. The number of hydrogen-bond acceptors (Lipinski definition) is 5. The summed E-state index contributed by atoms with van der Waals surface area (Å²) in [6.45, 7) is 3.72. The molecule has 0 saturated carbocycles. The SMILES string of the molecule is CC.NC(COc1ccc(F)cc1)C(O)(Cc1cc(Cl)ccn1)C(=O)O. The Morgan fingerprint density at radius 1 is 1.35 bits per heavy atom. The smallest absolute Gasteiger partial charge is 0.337 e. The molecule has 0 bridgehead atoms. The topological polar surface area (TPSA) is 106 Å². The van der Waals surface area contributed by atoms with Crippen LogP contribution in [0.1, 0.15) is 19.5 Å². The van der Waals surface area contributed by atoms with Crippen LogP contribution < -0.4 is 10.5 Å². The van der Waals surface area contributed by atoms with E-state index < -0.39 is 23.4 Å². The number of rotatable bonds is 7. The lowest BCUT2D eigenvalue weighted by atomic mass is 9.90. The Morgan fingerprint density at radius 3 is 2.50 bits per heavy atom. The largest absolute Gasteiger partial charge is 0.492 e. The Bertz CT molecular complexity index is 715. The number of nitrogens with zero attached hydrogens (tertiary/aromatic N) is 1. The van der Waals surface area contributed by atoms with Gasteiger partial charge in [-0.15, -0.1) is 0 Å². The number of ether oxygens (including phenoxy) is 1. The minimum atomic E-state index is -2.29. The average Bonchev–Trinajstić information content (AvgIpc) is 2.62. The van der Waals surface area contributed by atoms with Crippen LogP contribution in [-0.2, 0) is 11.2 Å². The van der Waals surface area contributed by atoms with Gasteiger partial charge in [0.1, 0.15) is 18.2 Å². The molecule has 0 saturated heterocycles. The zero-order valence-corrected chi connectivity index (χ0v) is 15.3. The van der Waals surface area contributed by atoms with Crippen molar-refractivity contribution in [1.29, 1.82) is 0 Å². The van der Waals surface area contributed by atoms with Crippen LogP contribution in [0.2, 0.25) is 5.02 Å². The van der Waals surface area contributed by atoms with E-state index in [1.165, 1.54) is 42.6 Å². The highest BCUT2D eigenvalue weighted by molar-refractivity contribution is 6.30. The summed E-state index contributed by atoms with van der Waals surface area (Å²) in [4.78, 5) is 15.5. The summed E-state index contributed by atoms with van der Waals surface area (Å²) in [6, 6.07) is 6.87. The first-order valence-electron chi connectivity index (χ1n) is 8.01. The second-order valence-electron chi connectivity index (χ2n) is 5.24. The van der Waals surface area contributed by atoms with Gasteiger partial charge in [0.05, 0.1) is 6.04 Å². The molecule has 2 aromatic rings. The molecular weight excluding hydrogens is 363 g/mol. The molecule has 1 aromatic carbocycles. The van der Waals surface area contributed by atoms with Gasteiger partial charge in [-0.2, -0.15) is 0 Å². The van der Waals surface area contributed by atoms with Gasteiger partial charge in [-0.1, -0.05) is 25.4 Å². The number of nitrogens with two attached hydrogens (primary N) is 1. The molecule has 1 heterocycles. The van der Waals surface area contributed by atoms with Crippen LogP contribution in [0.3, 0.4) is 0 Å². The maximum atomic E-state index is 12.8. The Balaban J connectivity index is 0.00000163. The molecule has 2 atom stereocenters. The van der Waals surface area contributed by atoms with Gasteiger partial charge < -0.3 is 20.7 Å². The molecular formula is C18H22ClFN2O4. The lowest BCUT2D eigenvalue weighted by Gasteiger charge is -2.29. The van der Waals surface area contributed by atoms with E-state index in [9.17, 15) is 19.4 Å². The molecule has 8 heteroatoms. The summed E-state index contributed by atoms with van der Waals surface area (Å²) in [5.41, 5.74) is 3.81. The van der Waals surface area contributed by atoms with Crippen molar-refractivity contribution in [2.75, 3.05) is 6.61 Å². The monoisotopic (exact) mass is 384 g/mol. The standard InChI is InChI=1S/C16H16ClFN2O4.C2H6/c17-10-5-6-20-12(7-10)8-16(23,15(21)22)14(19)9-24-13-3-1-11(18)2-4-13;1-2/h1-7,14,23H,8-9,19H2,(H,21,22);1-2H3. The Labute approximate surface area is 156 Å². The highest BCUT2D eigenvalue weighted by atomic mass is 35.5. The highest BCUT2D eigenvalue weighted by Crippen LogP contribution is 2.20.